The van der Waals surface area contributed by atoms with E-state index in [1.54, 1.807) is 0 Å². The molecule has 0 aliphatic heterocycles. The number of alkyl halides is 5. The Kier molecular flexibility index (Phi) is 10.9. The van der Waals surface area contributed by atoms with Crippen LogP contribution in [0, 0.1) is 0 Å². The Balaban J connectivity index is 3.47. The molecule has 0 aliphatic carbocycles. The van der Waals surface area contributed by atoms with Crippen molar-refractivity contribution >= 4 is 6.16 Å². The van der Waals surface area contributed by atoms with E-state index in [2.05, 4.69) is 0 Å². The molecule has 4 nitrogen and oxygen atoms in total. The van der Waals surface area contributed by atoms with Crippen molar-refractivity contribution in [1.82, 2.24) is 0 Å². The predicted molar refractivity (Wildman–Crippen MR) is 74.3 cm³/mol. The first-order chi connectivity index (χ1) is 10.7. The lowest BCUT2D eigenvalue weighted by molar-refractivity contribution is -0.284. The minimum Gasteiger partial charge on any atom is -0.434 e. The van der Waals surface area contributed by atoms with E-state index in [0.717, 1.165) is 12.8 Å². The quantitative estimate of drug-likeness (QED) is 0.322. The van der Waals surface area contributed by atoms with Crippen LogP contribution in [-0.2, 0) is 9.47 Å². The molecule has 2 N–H and O–H groups in total. The summed E-state index contributed by atoms with van der Waals surface area (Å²) in [5.41, 5.74) is 5.30. The van der Waals surface area contributed by atoms with Gasteiger partial charge < -0.3 is 15.2 Å². The second-order valence-corrected chi connectivity index (χ2v) is 5.16. The van der Waals surface area contributed by atoms with Crippen LogP contribution in [0.25, 0.3) is 0 Å². The van der Waals surface area contributed by atoms with Gasteiger partial charge in [0, 0.05) is 6.42 Å². The second-order valence-electron chi connectivity index (χ2n) is 5.16. The maximum atomic E-state index is 12.6. The SMILES string of the molecule is NCCCCCOC(=O)OCCCCCCC(F)(F)C(F)(F)F. The van der Waals surface area contributed by atoms with E-state index in [0.29, 0.717) is 25.8 Å². The van der Waals surface area contributed by atoms with Crippen molar-refractivity contribution in [3.63, 3.8) is 0 Å². The van der Waals surface area contributed by atoms with Gasteiger partial charge in [0.25, 0.3) is 0 Å². The first-order valence-corrected chi connectivity index (χ1v) is 7.65. The van der Waals surface area contributed by atoms with Gasteiger partial charge in [-0.1, -0.05) is 12.8 Å². The topological polar surface area (TPSA) is 61.5 Å². The van der Waals surface area contributed by atoms with Gasteiger partial charge in [0.05, 0.1) is 13.2 Å². The molecular weight excluding hydrogens is 325 g/mol. The molecule has 0 unspecified atom stereocenters. The highest BCUT2D eigenvalue weighted by molar-refractivity contribution is 5.59. The highest BCUT2D eigenvalue weighted by Gasteiger charge is 2.56. The number of carbonyl (C=O) groups is 1. The number of unbranched alkanes of at least 4 members (excludes halogenated alkanes) is 5. The normalized spacial score (nSPS) is 12.3. The van der Waals surface area contributed by atoms with Crippen molar-refractivity contribution in [3.05, 3.63) is 0 Å². The lowest BCUT2D eigenvalue weighted by Gasteiger charge is -2.19. The smallest absolute Gasteiger partial charge is 0.434 e. The van der Waals surface area contributed by atoms with Gasteiger partial charge in [-0.2, -0.15) is 22.0 Å². The first kappa shape index (κ1) is 21.9. The second kappa shape index (κ2) is 11.4. The zero-order valence-electron chi connectivity index (χ0n) is 13.0. The Hall–Kier alpha value is -1.12. The lowest BCUT2D eigenvalue weighted by atomic mass is 10.1. The Morgan fingerprint density at radius 1 is 0.783 bits per heavy atom. The Labute approximate surface area is 132 Å². The number of rotatable bonds is 12. The predicted octanol–water partition coefficient (Wildman–Crippen LogP) is 4.42. The first-order valence-electron chi connectivity index (χ1n) is 7.65. The number of ether oxygens (including phenoxy) is 2. The number of hydrogen-bond acceptors (Lipinski definition) is 4. The van der Waals surface area contributed by atoms with Gasteiger partial charge in [-0.05, 0) is 38.6 Å². The van der Waals surface area contributed by atoms with Crippen LogP contribution in [0.2, 0.25) is 0 Å². The van der Waals surface area contributed by atoms with Crippen molar-refractivity contribution in [1.29, 1.82) is 0 Å². The van der Waals surface area contributed by atoms with Crippen LogP contribution in [0.3, 0.4) is 0 Å². The third-order valence-corrected chi connectivity index (χ3v) is 3.09. The fourth-order valence-corrected chi connectivity index (χ4v) is 1.72. The van der Waals surface area contributed by atoms with Crippen LogP contribution in [-0.4, -0.2) is 38.0 Å². The zero-order valence-corrected chi connectivity index (χ0v) is 13.0. The van der Waals surface area contributed by atoms with Gasteiger partial charge in [0.15, 0.2) is 0 Å². The van der Waals surface area contributed by atoms with E-state index < -0.39 is 24.7 Å². The van der Waals surface area contributed by atoms with Gasteiger partial charge in [-0.3, -0.25) is 0 Å². The van der Waals surface area contributed by atoms with Crippen molar-refractivity contribution in [2.45, 2.75) is 63.5 Å². The van der Waals surface area contributed by atoms with Crippen LogP contribution < -0.4 is 5.73 Å². The van der Waals surface area contributed by atoms with Crippen LogP contribution in [0.15, 0.2) is 0 Å². The average Bonchev–Trinajstić information content (AvgIpc) is 2.44. The van der Waals surface area contributed by atoms with Crippen LogP contribution in [0.1, 0.15) is 51.4 Å². The number of hydrogen-bond donors (Lipinski definition) is 1. The molecule has 0 aliphatic rings. The summed E-state index contributed by atoms with van der Waals surface area (Å²) in [6.45, 7) is 0.877. The van der Waals surface area contributed by atoms with Crippen LogP contribution in [0.4, 0.5) is 26.7 Å². The maximum absolute atomic E-state index is 12.6. The van der Waals surface area contributed by atoms with E-state index in [-0.39, 0.29) is 26.1 Å². The van der Waals surface area contributed by atoms with Gasteiger partial charge in [0.2, 0.25) is 0 Å². The molecule has 0 saturated heterocycles. The van der Waals surface area contributed by atoms with Gasteiger partial charge in [-0.25, -0.2) is 4.79 Å². The van der Waals surface area contributed by atoms with E-state index in [4.69, 9.17) is 15.2 Å². The monoisotopic (exact) mass is 349 g/mol. The van der Waals surface area contributed by atoms with Crippen LogP contribution in [0.5, 0.6) is 0 Å². The van der Waals surface area contributed by atoms with E-state index in [1.807, 2.05) is 0 Å². The van der Waals surface area contributed by atoms with Crippen LogP contribution >= 0.6 is 0 Å². The van der Waals surface area contributed by atoms with Crippen molar-refractivity contribution in [2.24, 2.45) is 5.73 Å². The van der Waals surface area contributed by atoms with E-state index in [9.17, 15) is 26.7 Å². The summed E-state index contributed by atoms with van der Waals surface area (Å²) in [6, 6.07) is 0. The zero-order chi connectivity index (χ0) is 17.8. The number of nitrogens with two attached hydrogens (primary N) is 1. The summed E-state index contributed by atoms with van der Waals surface area (Å²) in [7, 11) is 0. The average molecular weight is 349 g/mol. The molecule has 0 spiro atoms. The maximum Gasteiger partial charge on any atom is 0.508 e. The molecule has 138 valence electrons. The minimum atomic E-state index is -5.50. The summed E-state index contributed by atoms with van der Waals surface area (Å²) in [5.74, 6) is -4.64. The standard InChI is InChI=1S/C14H24F5NO3/c15-13(16,14(17,18)19)8-4-1-2-6-10-22-12(21)23-11-7-3-5-9-20/h1-11,20H2. The molecule has 23 heavy (non-hydrogen) atoms. The lowest BCUT2D eigenvalue weighted by Crippen LogP contribution is -2.36. The molecule has 0 saturated carbocycles. The summed E-state index contributed by atoms with van der Waals surface area (Å²) in [6.07, 6.45) is -4.36. The molecule has 0 heterocycles. The molecule has 0 aromatic heterocycles. The Morgan fingerprint density at radius 3 is 1.74 bits per heavy atom. The molecule has 0 rings (SSSR count). The molecule has 0 fully saturated rings. The van der Waals surface area contributed by atoms with Gasteiger partial charge in [-0.15, -0.1) is 0 Å². The highest BCUT2D eigenvalue weighted by atomic mass is 19.4. The third-order valence-electron chi connectivity index (χ3n) is 3.09. The van der Waals surface area contributed by atoms with Gasteiger partial charge >= 0.3 is 18.3 Å². The fourth-order valence-electron chi connectivity index (χ4n) is 1.72. The van der Waals surface area contributed by atoms with Crippen molar-refractivity contribution in [3.8, 4) is 0 Å². The summed E-state index contributed by atoms with van der Waals surface area (Å²) < 4.78 is 70.4. The van der Waals surface area contributed by atoms with E-state index >= 15 is 0 Å². The number of carbonyl (C=O) groups excluding carboxylic acids is 1. The molecule has 0 bridgehead atoms. The van der Waals surface area contributed by atoms with Crippen molar-refractivity contribution in [2.75, 3.05) is 19.8 Å². The molecule has 0 radical (unpaired) electrons. The molecule has 9 heteroatoms. The summed E-state index contributed by atoms with van der Waals surface area (Å²) in [5, 5.41) is 0. The fraction of sp³-hybridized carbons (Fsp3) is 0.929. The Morgan fingerprint density at radius 2 is 1.26 bits per heavy atom. The van der Waals surface area contributed by atoms with Crippen molar-refractivity contribution < 1.29 is 36.2 Å². The highest BCUT2D eigenvalue weighted by Crippen LogP contribution is 2.39. The molecular formula is C14H24F5NO3. The summed E-state index contributed by atoms with van der Waals surface area (Å²) >= 11 is 0. The van der Waals surface area contributed by atoms with E-state index in [1.165, 1.54) is 0 Å². The van der Waals surface area contributed by atoms with Gasteiger partial charge in [0.1, 0.15) is 0 Å². The molecule has 0 aromatic carbocycles. The minimum absolute atomic E-state index is 0.0529. The third kappa shape index (κ3) is 11.1. The molecule has 0 atom stereocenters. The molecule has 0 aromatic rings. The molecule has 0 amide bonds. The summed E-state index contributed by atoms with van der Waals surface area (Å²) in [4.78, 5) is 11.1. The number of halogens is 5. The largest absolute Gasteiger partial charge is 0.508 e. The Bertz CT molecular complexity index is 324.